The molecule has 0 bridgehead atoms. The molecule has 0 saturated heterocycles. The summed E-state index contributed by atoms with van der Waals surface area (Å²) in [6, 6.07) is 1.48. The lowest BCUT2D eigenvalue weighted by atomic mass is 10.2. The van der Waals surface area contributed by atoms with E-state index in [1.54, 1.807) is 13.8 Å². The van der Waals surface area contributed by atoms with Gasteiger partial charge in [0.2, 0.25) is 11.5 Å². The number of hydrogen-bond donors (Lipinski definition) is 3. The molecule has 13 heteroatoms. The summed E-state index contributed by atoms with van der Waals surface area (Å²) in [5.74, 6) is 0.702. The normalized spacial score (nSPS) is 12.4. The molecule has 11 nitrogen and oxygen atoms in total. The summed E-state index contributed by atoms with van der Waals surface area (Å²) in [5, 5.41) is -0.363. The van der Waals surface area contributed by atoms with Crippen LogP contribution in [0, 0.1) is 6.92 Å². The van der Waals surface area contributed by atoms with Crippen LogP contribution in [0.25, 0.3) is 0 Å². The Balaban J connectivity index is 2.28. The van der Waals surface area contributed by atoms with Crippen LogP contribution in [0.4, 0.5) is 5.82 Å². The number of nitrogens with two attached hydrogens (primary N) is 1. The summed E-state index contributed by atoms with van der Waals surface area (Å²) in [7, 11) is -4.68. The summed E-state index contributed by atoms with van der Waals surface area (Å²) < 4.78 is 20.4. The molecule has 4 N–H and O–H groups in total. The first kappa shape index (κ1) is 23.8. The van der Waals surface area contributed by atoms with Crippen molar-refractivity contribution in [3.63, 3.8) is 0 Å². The van der Waals surface area contributed by atoms with E-state index in [9.17, 15) is 14.2 Å². The van der Waals surface area contributed by atoms with Crippen molar-refractivity contribution in [2.24, 2.45) is 0 Å². The molecule has 0 aliphatic heterocycles. The van der Waals surface area contributed by atoms with Crippen LogP contribution in [-0.2, 0) is 20.4 Å². The van der Waals surface area contributed by atoms with E-state index in [4.69, 9.17) is 19.9 Å². The standard InChI is InChI=1S/C17H21N4O7PS/c1-11(21(10-22)8-14-7-19-12(2)20-16(14)18)15(4-6-28-29(24,25)26)30-17(23)13-3-5-27-9-13/h3,5,7,9-10H,4,6,8H2,1-2H3,(H2,18,19,20)(H2,24,25,26)/b15-11-. The molecule has 0 aromatic carbocycles. The number of nitrogen functional groups attached to an aromatic ring is 1. The molecule has 0 radical (unpaired) electrons. The minimum absolute atomic E-state index is 0.0184. The van der Waals surface area contributed by atoms with E-state index < -0.39 is 7.82 Å². The van der Waals surface area contributed by atoms with Crippen molar-refractivity contribution in [2.75, 3.05) is 12.3 Å². The molecule has 0 aliphatic carbocycles. The van der Waals surface area contributed by atoms with Gasteiger partial charge in [0.1, 0.15) is 17.9 Å². The van der Waals surface area contributed by atoms with E-state index in [0.29, 0.717) is 34.0 Å². The Hall–Kier alpha value is -2.50. The Labute approximate surface area is 176 Å². The number of carbonyl (C=O) groups excluding carboxylic acids is 2. The van der Waals surface area contributed by atoms with Crippen LogP contribution in [0.3, 0.4) is 0 Å². The van der Waals surface area contributed by atoms with Gasteiger partial charge in [0, 0.05) is 28.8 Å². The van der Waals surface area contributed by atoms with E-state index in [1.807, 2.05) is 0 Å². The topological polar surface area (TPSA) is 169 Å². The van der Waals surface area contributed by atoms with Crippen LogP contribution in [0.15, 0.2) is 39.8 Å². The second kappa shape index (κ2) is 10.5. The van der Waals surface area contributed by atoms with E-state index in [-0.39, 0.29) is 30.5 Å². The van der Waals surface area contributed by atoms with Crippen molar-refractivity contribution in [3.05, 3.63) is 52.3 Å². The molecule has 30 heavy (non-hydrogen) atoms. The fourth-order valence-corrected chi connectivity index (χ4v) is 3.56. The lowest BCUT2D eigenvalue weighted by molar-refractivity contribution is -0.116. The maximum atomic E-state index is 12.5. The van der Waals surface area contributed by atoms with Gasteiger partial charge in [-0.15, -0.1) is 0 Å². The number of aryl methyl sites for hydroxylation is 1. The van der Waals surface area contributed by atoms with Crippen molar-refractivity contribution in [1.29, 1.82) is 0 Å². The highest BCUT2D eigenvalue weighted by Crippen LogP contribution is 2.37. The SMILES string of the molecule is C/C(=C(\CCOP(=O)(O)O)SC(=O)c1ccoc1)N(C=O)Cc1cnc(C)nc1N. The third kappa shape index (κ3) is 7.08. The number of nitrogens with zero attached hydrogens (tertiary/aromatic N) is 3. The molecule has 2 rings (SSSR count). The number of amides is 1. The summed E-state index contributed by atoms with van der Waals surface area (Å²) in [4.78, 5) is 51.8. The zero-order valence-electron chi connectivity index (χ0n) is 16.2. The van der Waals surface area contributed by atoms with E-state index >= 15 is 0 Å². The highest BCUT2D eigenvalue weighted by Gasteiger charge is 2.20. The highest BCUT2D eigenvalue weighted by atomic mass is 32.2. The van der Waals surface area contributed by atoms with Crippen molar-refractivity contribution < 1.29 is 32.9 Å². The Kier molecular flexibility index (Phi) is 8.33. The number of phosphoric acid groups is 1. The van der Waals surface area contributed by atoms with Gasteiger partial charge in [-0.05, 0) is 31.7 Å². The zero-order valence-corrected chi connectivity index (χ0v) is 17.9. The molecule has 2 aromatic heterocycles. The van der Waals surface area contributed by atoms with Crippen LogP contribution >= 0.6 is 19.6 Å². The second-order valence-electron chi connectivity index (χ2n) is 6.04. The molecular formula is C17H21N4O7PS. The zero-order chi connectivity index (χ0) is 22.3. The van der Waals surface area contributed by atoms with Gasteiger partial charge in [0.05, 0.1) is 25.0 Å². The average molecular weight is 456 g/mol. The van der Waals surface area contributed by atoms with Crippen molar-refractivity contribution in [1.82, 2.24) is 14.9 Å². The van der Waals surface area contributed by atoms with Gasteiger partial charge in [0.25, 0.3) is 0 Å². The van der Waals surface area contributed by atoms with Gasteiger partial charge >= 0.3 is 7.82 Å². The van der Waals surface area contributed by atoms with Gasteiger partial charge in [-0.3, -0.25) is 14.1 Å². The minimum atomic E-state index is -4.68. The fraction of sp³-hybridized carbons (Fsp3) is 0.294. The smallest absolute Gasteiger partial charge is 0.469 e. The van der Waals surface area contributed by atoms with E-state index in [0.717, 1.165) is 11.8 Å². The van der Waals surface area contributed by atoms with Crippen LogP contribution in [0.2, 0.25) is 0 Å². The Morgan fingerprint density at radius 1 is 1.47 bits per heavy atom. The van der Waals surface area contributed by atoms with Gasteiger partial charge in [-0.2, -0.15) is 0 Å². The van der Waals surface area contributed by atoms with Crippen molar-refractivity contribution in [2.45, 2.75) is 26.8 Å². The first-order valence-electron chi connectivity index (χ1n) is 8.55. The maximum absolute atomic E-state index is 12.5. The molecule has 0 spiro atoms. The number of rotatable bonds is 10. The Morgan fingerprint density at radius 2 is 2.20 bits per heavy atom. The third-order valence-electron chi connectivity index (χ3n) is 3.88. The first-order valence-corrected chi connectivity index (χ1v) is 10.9. The number of furan rings is 1. The monoisotopic (exact) mass is 456 g/mol. The van der Waals surface area contributed by atoms with Gasteiger partial charge in [-0.1, -0.05) is 0 Å². The summed E-state index contributed by atoms with van der Waals surface area (Å²) in [5.41, 5.74) is 7.08. The number of phosphoric ester groups is 1. The highest BCUT2D eigenvalue weighted by molar-refractivity contribution is 8.17. The number of anilines is 1. The predicted molar refractivity (Wildman–Crippen MR) is 109 cm³/mol. The molecule has 0 unspecified atom stereocenters. The van der Waals surface area contributed by atoms with Crippen LogP contribution in [0.1, 0.15) is 35.1 Å². The average Bonchev–Trinajstić information content (AvgIpc) is 3.20. The lowest BCUT2D eigenvalue weighted by Gasteiger charge is -2.22. The third-order valence-corrected chi connectivity index (χ3v) is 5.57. The molecule has 0 atom stereocenters. The Morgan fingerprint density at radius 3 is 2.77 bits per heavy atom. The number of aromatic nitrogens is 2. The molecule has 2 heterocycles. The number of carbonyl (C=O) groups is 2. The lowest BCUT2D eigenvalue weighted by Crippen LogP contribution is -2.22. The number of hydrogen-bond acceptors (Lipinski definition) is 9. The molecule has 0 aliphatic rings. The summed E-state index contributed by atoms with van der Waals surface area (Å²) >= 11 is 0.807. The van der Waals surface area contributed by atoms with Gasteiger partial charge in [-0.25, -0.2) is 14.5 Å². The summed E-state index contributed by atoms with van der Waals surface area (Å²) in [6.07, 6.45) is 4.66. The van der Waals surface area contributed by atoms with E-state index in [1.165, 1.54) is 29.7 Å². The van der Waals surface area contributed by atoms with Crippen molar-refractivity contribution in [3.8, 4) is 0 Å². The van der Waals surface area contributed by atoms with Crippen LogP contribution in [-0.4, -0.2) is 42.8 Å². The largest absolute Gasteiger partial charge is 0.472 e. The van der Waals surface area contributed by atoms with E-state index in [2.05, 4.69) is 14.5 Å². The molecule has 0 fully saturated rings. The molecule has 0 saturated carbocycles. The Bertz CT molecular complexity index is 974. The van der Waals surface area contributed by atoms with Gasteiger partial charge < -0.3 is 24.8 Å². The molecular weight excluding hydrogens is 435 g/mol. The molecule has 2 aromatic rings. The summed E-state index contributed by atoms with van der Waals surface area (Å²) in [6.45, 7) is 2.97. The second-order valence-corrected chi connectivity index (χ2v) is 8.35. The first-order chi connectivity index (χ1) is 14.1. The fourth-order valence-electron chi connectivity index (χ4n) is 2.33. The van der Waals surface area contributed by atoms with Crippen LogP contribution in [0.5, 0.6) is 0 Å². The molecule has 1 amide bonds. The maximum Gasteiger partial charge on any atom is 0.469 e. The predicted octanol–water partition coefficient (Wildman–Crippen LogP) is 2.22. The number of allylic oxidation sites excluding steroid dienone is 1. The van der Waals surface area contributed by atoms with Gasteiger partial charge in [0.15, 0.2) is 0 Å². The minimum Gasteiger partial charge on any atom is -0.472 e. The van der Waals surface area contributed by atoms with Crippen molar-refractivity contribution >= 4 is 36.9 Å². The molecule has 162 valence electrons. The number of thioether (sulfide) groups is 1. The quantitative estimate of drug-likeness (QED) is 0.354. The van der Waals surface area contributed by atoms with Crippen LogP contribution < -0.4 is 5.73 Å².